The van der Waals surface area contributed by atoms with E-state index in [0.29, 0.717) is 19.4 Å². The summed E-state index contributed by atoms with van der Waals surface area (Å²) in [7, 11) is -3.78. The Morgan fingerprint density at radius 3 is 2.62 bits per heavy atom. The van der Waals surface area contributed by atoms with Gasteiger partial charge in [-0.05, 0) is 32.8 Å². The van der Waals surface area contributed by atoms with Gasteiger partial charge in [-0.15, -0.1) is 0 Å². The van der Waals surface area contributed by atoms with E-state index in [1.165, 1.54) is 21.1 Å². The maximum Gasteiger partial charge on any atom is 0.352 e. The van der Waals surface area contributed by atoms with Gasteiger partial charge in [0.25, 0.3) is 0 Å². The Hall–Kier alpha value is -1.38. The SMILES string of the molecule is CC(C)n1cc(S(=O)(=O)N2CCC[C@H]2CO)cc1C(=O)O. The smallest absolute Gasteiger partial charge is 0.352 e. The number of nitrogens with zero attached hydrogens (tertiary/aromatic N) is 2. The lowest BCUT2D eigenvalue weighted by molar-refractivity contribution is 0.0683. The van der Waals surface area contributed by atoms with Crippen LogP contribution in [0.4, 0.5) is 0 Å². The van der Waals surface area contributed by atoms with Gasteiger partial charge in [-0.25, -0.2) is 13.2 Å². The molecule has 1 aromatic rings. The molecule has 2 heterocycles. The van der Waals surface area contributed by atoms with Gasteiger partial charge in [0.15, 0.2) is 0 Å². The predicted octanol–water partition coefficient (Wildman–Crippen LogP) is 0.913. The molecule has 1 aliphatic heterocycles. The van der Waals surface area contributed by atoms with Crippen LogP contribution < -0.4 is 0 Å². The van der Waals surface area contributed by atoms with Crippen molar-refractivity contribution in [2.75, 3.05) is 13.2 Å². The molecular formula is C13H20N2O5S. The molecule has 118 valence electrons. The van der Waals surface area contributed by atoms with Crippen LogP contribution in [0.1, 0.15) is 43.2 Å². The fourth-order valence-electron chi connectivity index (χ4n) is 2.64. The van der Waals surface area contributed by atoms with Crippen LogP contribution in [0.2, 0.25) is 0 Å². The average Bonchev–Trinajstić information content (AvgIpc) is 3.05. The Morgan fingerprint density at radius 2 is 2.14 bits per heavy atom. The first-order chi connectivity index (χ1) is 9.78. The monoisotopic (exact) mass is 316 g/mol. The molecule has 0 bridgehead atoms. The maximum atomic E-state index is 12.6. The quantitative estimate of drug-likeness (QED) is 0.841. The second-order valence-electron chi connectivity index (χ2n) is 5.46. The molecule has 0 radical (unpaired) electrons. The number of aliphatic hydroxyl groups excluding tert-OH is 1. The molecule has 1 aromatic heterocycles. The molecule has 1 aliphatic rings. The van der Waals surface area contributed by atoms with E-state index in [1.807, 2.05) is 0 Å². The molecule has 0 unspecified atom stereocenters. The molecule has 1 saturated heterocycles. The maximum absolute atomic E-state index is 12.6. The van der Waals surface area contributed by atoms with Crippen LogP contribution in [-0.2, 0) is 10.0 Å². The van der Waals surface area contributed by atoms with Crippen LogP contribution in [0.25, 0.3) is 0 Å². The highest BCUT2D eigenvalue weighted by Gasteiger charge is 2.36. The first kappa shape index (κ1) is 16.0. The molecule has 1 fully saturated rings. The fourth-order valence-corrected chi connectivity index (χ4v) is 4.35. The molecule has 0 amide bonds. The highest BCUT2D eigenvalue weighted by atomic mass is 32.2. The minimum absolute atomic E-state index is 0.0334. The predicted molar refractivity (Wildman–Crippen MR) is 75.8 cm³/mol. The van der Waals surface area contributed by atoms with E-state index in [0.717, 1.165) is 0 Å². The van der Waals surface area contributed by atoms with Crippen molar-refractivity contribution in [1.82, 2.24) is 8.87 Å². The summed E-state index contributed by atoms with van der Waals surface area (Å²) in [6.07, 6.45) is 2.67. The third-order valence-electron chi connectivity index (χ3n) is 3.74. The van der Waals surface area contributed by atoms with Gasteiger partial charge in [0.05, 0.1) is 6.61 Å². The molecule has 21 heavy (non-hydrogen) atoms. The van der Waals surface area contributed by atoms with E-state index in [1.54, 1.807) is 13.8 Å². The van der Waals surface area contributed by atoms with E-state index in [9.17, 15) is 23.4 Å². The highest BCUT2D eigenvalue weighted by molar-refractivity contribution is 7.89. The van der Waals surface area contributed by atoms with Gasteiger partial charge in [-0.2, -0.15) is 4.31 Å². The Morgan fingerprint density at radius 1 is 1.48 bits per heavy atom. The first-order valence-corrected chi connectivity index (χ1v) is 8.31. The number of rotatable bonds is 5. The number of aliphatic hydroxyl groups is 1. The summed E-state index contributed by atoms with van der Waals surface area (Å²) in [5.41, 5.74) is -0.0525. The van der Waals surface area contributed by atoms with Gasteiger partial charge in [0, 0.05) is 24.8 Å². The standard InChI is InChI=1S/C13H20N2O5S/c1-9(2)14-7-11(6-12(14)13(17)18)21(19,20)15-5-3-4-10(15)8-16/h6-7,9-10,16H,3-5,8H2,1-2H3,(H,17,18)/t10-/m0/s1. The number of aromatic carboxylic acids is 1. The molecule has 0 saturated carbocycles. The summed E-state index contributed by atoms with van der Waals surface area (Å²) >= 11 is 0. The summed E-state index contributed by atoms with van der Waals surface area (Å²) in [4.78, 5) is 11.2. The number of carboxylic acids is 1. The van der Waals surface area contributed by atoms with E-state index >= 15 is 0 Å². The second kappa shape index (κ2) is 5.78. The Bertz CT molecular complexity index is 635. The molecule has 8 heteroatoms. The lowest BCUT2D eigenvalue weighted by Gasteiger charge is -2.21. The summed E-state index contributed by atoms with van der Waals surface area (Å²) in [6.45, 7) is 3.70. The van der Waals surface area contributed by atoms with E-state index in [-0.39, 0.29) is 23.2 Å². The lowest BCUT2D eigenvalue weighted by atomic mass is 10.2. The van der Waals surface area contributed by atoms with Crippen molar-refractivity contribution in [2.45, 2.75) is 43.7 Å². The van der Waals surface area contributed by atoms with Crippen LogP contribution in [-0.4, -0.2) is 52.7 Å². The van der Waals surface area contributed by atoms with Crippen molar-refractivity contribution in [1.29, 1.82) is 0 Å². The van der Waals surface area contributed by atoms with Crippen molar-refractivity contribution < 1.29 is 23.4 Å². The average molecular weight is 316 g/mol. The van der Waals surface area contributed by atoms with Gasteiger partial charge in [-0.1, -0.05) is 0 Å². The second-order valence-corrected chi connectivity index (χ2v) is 7.35. The number of hydrogen-bond acceptors (Lipinski definition) is 4. The number of sulfonamides is 1. The zero-order valence-electron chi connectivity index (χ0n) is 12.1. The van der Waals surface area contributed by atoms with Gasteiger partial charge >= 0.3 is 5.97 Å². The largest absolute Gasteiger partial charge is 0.477 e. The molecule has 2 rings (SSSR count). The van der Waals surface area contributed by atoms with Crippen LogP contribution in [0.15, 0.2) is 17.2 Å². The number of carboxylic acid groups (broad SMARTS) is 1. The van der Waals surface area contributed by atoms with Crippen molar-refractivity contribution >= 4 is 16.0 Å². The number of hydrogen-bond donors (Lipinski definition) is 2. The van der Waals surface area contributed by atoms with E-state index < -0.39 is 22.0 Å². The molecular weight excluding hydrogens is 296 g/mol. The van der Waals surface area contributed by atoms with Crippen LogP contribution in [0, 0.1) is 0 Å². The molecule has 0 spiro atoms. The topological polar surface area (TPSA) is 99.8 Å². The minimum Gasteiger partial charge on any atom is -0.477 e. The number of aromatic nitrogens is 1. The zero-order valence-corrected chi connectivity index (χ0v) is 12.9. The summed E-state index contributed by atoms with van der Waals surface area (Å²) < 4.78 is 27.9. The van der Waals surface area contributed by atoms with Gasteiger partial charge in [0.2, 0.25) is 10.0 Å². The van der Waals surface area contributed by atoms with E-state index in [2.05, 4.69) is 0 Å². The van der Waals surface area contributed by atoms with E-state index in [4.69, 9.17) is 0 Å². The fraction of sp³-hybridized carbons (Fsp3) is 0.615. The number of carbonyl (C=O) groups is 1. The lowest BCUT2D eigenvalue weighted by Crippen LogP contribution is -2.37. The van der Waals surface area contributed by atoms with Gasteiger partial charge in [0.1, 0.15) is 10.6 Å². The Labute approximate surface area is 123 Å². The van der Waals surface area contributed by atoms with Crippen molar-refractivity contribution in [2.24, 2.45) is 0 Å². The molecule has 0 aliphatic carbocycles. The Kier molecular flexibility index (Phi) is 4.40. The zero-order chi connectivity index (χ0) is 15.8. The first-order valence-electron chi connectivity index (χ1n) is 6.87. The molecule has 0 aromatic carbocycles. The normalized spacial score (nSPS) is 20.3. The minimum atomic E-state index is -3.78. The Balaban J connectivity index is 2.46. The molecule has 2 N–H and O–H groups in total. The van der Waals surface area contributed by atoms with Crippen LogP contribution >= 0.6 is 0 Å². The van der Waals surface area contributed by atoms with Crippen LogP contribution in [0.5, 0.6) is 0 Å². The van der Waals surface area contributed by atoms with Crippen molar-refractivity contribution in [3.63, 3.8) is 0 Å². The summed E-state index contributed by atoms with van der Waals surface area (Å²) in [5, 5.41) is 18.5. The van der Waals surface area contributed by atoms with Crippen molar-refractivity contribution in [3.05, 3.63) is 18.0 Å². The third-order valence-corrected chi connectivity index (χ3v) is 5.66. The highest BCUT2D eigenvalue weighted by Crippen LogP contribution is 2.28. The van der Waals surface area contributed by atoms with Crippen LogP contribution in [0.3, 0.4) is 0 Å². The molecule has 7 nitrogen and oxygen atoms in total. The van der Waals surface area contributed by atoms with Gasteiger partial charge < -0.3 is 14.8 Å². The summed E-state index contributed by atoms with van der Waals surface area (Å²) in [5.74, 6) is -1.16. The van der Waals surface area contributed by atoms with Crippen molar-refractivity contribution in [3.8, 4) is 0 Å². The summed E-state index contributed by atoms with van der Waals surface area (Å²) in [6, 6.07) is 0.600. The van der Waals surface area contributed by atoms with Gasteiger partial charge in [-0.3, -0.25) is 0 Å². The molecule has 1 atom stereocenters. The third kappa shape index (κ3) is 2.83.